The molecule has 0 radical (unpaired) electrons. The maximum Gasteiger partial charge on any atom is 0.162 e. The summed E-state index contributed by atoms with van der Waals surface area (Å²) in [5.74, 6) is 0.424. The second-order valence-corrected chi connectivity index (χ2v) is 7.20. The van der Waals surface area contributed by atoms with E-state index in [1.54, 1.807) is 18.5 Å². The Morgan fingerprint density at radius 2 is 1.93 bits per heavy atom. The lowest BCUT2D eigenvalue weighted by Gasteiger charge is -2.13. The number of hydrogen-bond donors (Lipinski definition) is 0. The molecule has 0 spiro atoms. The summed E-state index contributed by atoms with van der Waals surface area (Å²) in [4.78, 5) is 22.1. The first-order valence-corrected chi connectivity index (χ1v) is 9.61. The van der Waals surface area contributed by atoms with Crippen LogP contribution in [0, 0.1) is 5.82 Å². The van der Waals surface area contributed by atoms with Crippen LogP contribution in [-0.2, 0) is 0 Å². The van der Waals surface area contributed by atoms with Crippen LogP contribution in [0.15, 0.2) is 30.7 Å². The van der Waals surface area contributed by atoms with E-state index < -0.39 is 5.82 Å². The van der Waals surface area contributed by atoms with Gasteiger partial charge in [0.2, 0.25) is 0 Å². The Balaban J connectivity index is 1.83. The molecule has 1 fully saturated rings. The van der Waals surface area contributed by atoms with E-state index in [9.17, 15) is 9.18 Å². The van der Waals surface area contributed by atoms with E-state index in [0.717, 1.165) is 18.5 Å². The lowest BCUT2D eigenvalue weighted by molar-refractivity contribution is 0.112. The van der Waals surface area contributed by atoms with Crippen molar-refractivity contribution in [3.05, 3.63) is 53.2 Å². The molecule has 5 heteroatoms. The quantitative estimate of drug-likeness (QED) is 0.459. The molecule has 1 heterocycles. The number of halogens is 1. The zero-order chi connectivity index (χ0) is 19.2. The van der Waals surface area contributed by atoms with Gasteiger partial charge in [-0.15, -0.1) is 0 Å². The molecule has 0 saturated heterocycles. The maximum absolute atomic E-state index is 14.5. The minimum atomic E-state index is -0.482. The van der Waals surface area contributed by atoms with Crippen molar-refractivity contribution < 1.29 is 9.18 Å². The lowest BCUT2D eigenvalue weighted by Crippen LogP contribution is -2.11. The summed E-state index contributed by atoms with van der Waals surface area (Å²) in [5.41, 5.74) is 2.41. The highest BCUT2D eigenvalue weighted by Crippen LogP contribution is 2.39. The summed E-state index contributed by atoms with van der Waals surface area (Å²) in [6.45, 7) is 3.12. The van der Waals surface area contributed by atoms with Crippen LogP contribution in [0.2, 0.25) is 0 Å². The predicted octanol–water partition coefficient (Wildman–Crippen LogP) is 5.07. The highest BCUT2D eigenvalue weighted by Gasteiger charge is 2.24. The molecule has 1 saturated carbocycles. The number of unbranched alkanes of at least 4 members (excludes halogenated alkanes) is 2. The van der Waals surface area contributed by atoms with Gasteiger partial charge in [-0.25, -0.2) is 14.4 Å². The third kappa shape index (κ3) is 5.00. The Hall–Kier alpha value is -2.56. The predicted molar refractivity (Wildman–Crippen MR) is 106 cm³/mol. The van der Waals surface area contributed by atoms with Gasteiger partial charge in [-0.2, -0.15) is 0 Å². The number of carbonyl (C=O) groups is 1. The molecular weight excluding hydrogens is 341 g/mol. The minimum Gasteiger partial charge on any atom is -0.380 e. The Labute approximate surface area is 160 Å². The number of rotatable bonds is 9. The fourth-order valence-electron chi connectivity index (χ4n) is 3.02. The average Bonchev–Trinajstić information content (AvgIpc) is 3.52. The summed E-state index contributed by atoms with van der Waals surface area (Å²) in [7, 11) is 2.00. The lowest BCUT2D eigenvalue weighted by atomic mass is 10.0. The van der Waals surface area contributed by atoms with Gasteiger partial charge in [-0.3, -0.25) is 4.79 Å². The van der Waals surface area contributed by atoms with Crippen molar-refractivity contribution in [3.8, 4) is 11.4 Å². The molecule has 1 aliphatic carbocycles. The second kappa shape index (κ2) is 8.89. The van der Waals surface area contributed by atoms with Crippen molar-refractivity contribution in [3.63, 3.8) is 0 Å². The van der Waals surface area contributed by atoms with Gasteiger partial charge in [0.05, 0.1) is 5.56 Å². The topological polar surface area (TPSA) is 46.1 Å². The molecule has 1 aliphatic rings. The SMILES string of the molecule is CCCCCN(C)/C=C\c1cc(-c2ncc(C3CC3)cn2)c(F)cc1C=O. The van der Waals surface area contributed by atoms with Crippen LogP contribution < -0.4 is 0 Å². The zero-order valence-corrected chi connectivity index (χ0v) is 16.0. The van der Waals surface area contributed by atoms with E-state index >= 15 is 0 Å². The summed E-state index contributed by atoms with van der Waals surface area (Å²) >= 11 is 0. The van der Waals surface area contributed by atoms with E-state index in [1.807, 2.05) is 19.3 Å². The Morgan fingerprint density at radius 1 is 1.19 bits per heavy atom. The minimum absolute atomic E-state index is 0.316. The van der Waals surface area contributed by atoms with E-state index in [4.69, 9.17) is 0 Å². The van der Waals surface area contributed by atoms with Crippen molar-refractivity contribution in [2.24, 2.45) is 0 Å². The summed E-state index contributed by atoms with van der Waals surface area (Å²) in [6.07, 6.45) is 13.8. The molecule has 0 bridgehead atoms. The largest absolute Gasteiger partial charge is 0.380 e. The molecule has 142 valence electrons. The van der Waals surface area contributed by atoms with E-state index in [0.29, 0.717) is 34.7 Å². The van der Waals surface area contributed by atoms with Gasteiger partial charge >= 0.3 is 0 Å². The second-order valence-electron chi connectivity index (χ2n) is 7.20. The van der Waals surface area contributed by atoms with Crippen molar-refractivity contribution in [2.45, 2.75) is 44.9 Å². The third-order valence-electron chi connectivity index (χ3n) is 4.88. The highest BCUT2D eigenvalue weighted by atomic mass is 19.1. The number of carbonyl (C=O) groups excluding carboxylic acids is 1. The van der Waals surface area contributed by atoms with E-state index in [1.165, 1.54) is 31.7 Å². The standard InChI is InChI=1S/C22H26FN3O/c1-3-4-5-9-26(2)10-8-17-11-20(21(23)12-18(17)15-27)22-24-13-19(14-25-22)16-6-7-16/h8,10-16H,3-7,9H2,1-2H3/b10-8-. The molecule has 1 aromatic carbocycles. The van der Waals surface area contributed by atoms with Crippen LogP contribution in [0.5, 0.6) is 0 Å². The van der Waals surface area contributed by atoms with Gasteiger partial charge in [0.1, 0.15) is 5.82 Å². The third-order valence-corrected chi connectivity index (χ3v) is 4.88. The van der Waals surface area contributed by atoms with E-state index in [-0.39, 0.29) is 0 Å². The first kappa shape index (κ1) is 19.2. The van der Waals surface area contributed by atoms with Crippen LogP contribution in [0.3, 0.4) is 0 Å². The molecule has 4 nitrogen and oxygen atoms in total. The fraction of sp³-hybridized carbons (Fsp3) is 0.409. The molecule has 1 aromatic heterocycles. The van der Waals surface area contributed by atoms with Crippen LogP contribution >= 0.6 is 0 Å². The van der Waals surface area contributed by atoms with Gasteiger partial charge in [-0.05, 0) is 60.7 Å². The molecule has 0 aliphatic heterocycles. The molecular formula is C22H26FN3O. The molecule has 0 amide bonds. The van der Waals surface area contributed by atoms with Crippen LogP contribution in [0.4, 0.5) is 4.39 Å². The van der Waals surface area contributed by atoms with Crippen LogP contribution in [0.25, 0.3) is 17.5 Å². The first-order chi connectivity index (χ1) is 13.1. The summed E-state index contributed by atoms with van der Waals surface area (Å²) < 4.78 is 14.5. The number of hydrogen-bond acceptors (Lipinski definition) is 4. The monoisotopic (exact) mass is 367 g/mol. The fourth-order valence-corrected chi connectivity index (χ4v) is 3.02. The van der Waals surface area contributed by atoms with Gasteiger partial charge in [0.25, 0.3) is 0 Å². The van der Waals surface area contributed by atoms with Crippen molar-refractivity contribution in [1.82, 2.24) is 14.9 Å². The molecule has 0 unspecified atom stereocenters. The number of benzene rings is 1. The molecule has 27 heavy (non-hydrogen) atoms. The van der Waals surface area contributed by atoms with Gasteiger partial charge in [-0.1, -0.05) is 19.8 Å². The molecule has 2 aromatic rings. The van der Waals surface area contributed by atoms with Crippen molar-refractivity contribution in [2.75, 3.05) is 13.6 Å². The molecule has 3 rings (SSSR count). The van der Waals surface area contributed by atoms with Crippen molar-refractivity contribution in [1.29, 1.82) is 0 Å². The highest BCUT2D eigenvalue weighted by molar-refractivity contribution is 5.84. The maximum atomic E-state index is 14.5. The Morgan fingerprint density at radius 3 is 2.56 bits per heavy atom. The van der Waals surface area contributed by atoms with Gasteiger partial charge in [0, 0.05) is 31.5 Å². The molecule has 0 atom stereocenters. The Kier molecular flexibility index (Phi) is 6.32. The van der Waals surface area contributed by atoms with Crippen LogP contribution in [0.1, 0.15) is 66.4 Å². The number of nitrogens with zero attached hydrogens (tertiary/aromatic N) is 3. The first-order valence-electron chi connectivity index (χ1n) is 9.61. The van der Waals surface area contributed by atoms with E-state index in [2.05, 4.69) is 21.8 Å². The normalized spacial score (nSPS) is 13.9. The number of aldehydes is 1. The Bertz CT molecular complexity index is 813. The smallest absolute Gasteiger partial charge is 0.162 e. The van der Waals surface area contributed by atoms with Gasteiger partial charge in [0.15, 0.2) is 12.1 Å². The zero-order valence-electron chi connectivity index (χ0n) is 16.0. The summed E-state index contributed by atoms with van der Waals surface area (Å²) in [6, 6.07) is 2.92. The van der Waals surface area contributed by atoms with Crippen LogP contribution in [-0.4, -0.2) is 34.7 Å². The summed E-state index contributed by atoms with van der Waals surface area (Å²) in [5, 5.41) is 0. The number of aromatic nitrogens is 2. The van der Waals surface area contributed by atoms with Gasteiger partial charge < -0.3 is 4.90 Å². The average molecular weight is 367 g/mol. The van der Waals surface area contributed by atoms with Crippen molar-refractivity contribution >= 4 is 12.4 Å². The molecule has 0 N–H and O–H groups in total.